The van der Waals surface area contributed by atoms with E-state index in [4.69, 9.17) is 0 Å². The van der Waals surface area contributed by atoms with Crippen LogP contribution in [-0.2, 0) is 0 Å². The van der Waals surface area contributed by atoms with Crippen molar-refractivity contribution in [1.29, 1.82) is 0 Å². The van der Waals surface area contributed by atoms with Gasteiger partial charge >= 0.3 is 0 Å². The molecule has 2 aromatic heterocycles. The third-order valence-corrected chi connectivity index (χ3v) is 4.57. The molecule has 2 aliphatic rings. The van der Waals surface area contributed by atoms with Crippen LogP contribution in [0.15, 0.2) is 24.8 Å². The van der Waals surface area contributed by atoms with Crippen LogP contribution in [-0.4, -0.2) is 39.6 Å². The SMILES string of the molecule is c1nc(NCC2CC2)cc(N2CCC[C@H](c3ncc[nH]3)C2)n1. The molecule has 1 saturated heterocycles. The number of rotatable bonds is 5. The van der Waals surface area contributed by atoms with E-state index in [1.807, 2.05) is 12.4 Å². The number of imidazole rings is 1. The van der Waals surface area contributed by atoms with Gasteiger partial charge < -0.3 is 15.2 Å². The molecule has 2 fully saturated rings. The van der Waals surface area contributed by atoms with Crippen molar-refractivity contribution >= 4 is 11.6 Å². The van der Waals surface area contributed by atoms with Gasteiger partial charge in [0.05, 0.1) is 0 Å². The number of hydrogen-bond acceptors (Lipinski definition) is 5. The zero-order chi connectivity index (χ0) is 14.8. The Bertz CT molecular complexity index is 607. The lowest BCUT2D eigenvalue weighted by molar-refractivity contribution is 0.491. The van der Waals surface area contributed by atoms with E-state index in [0.29, 0.717) is 5.92 Å². The van der Waals surface area contributed by atoms with Crippen molar-refractivity contribution in [3.63, 3.8) is 0 Å². The van der Waals surface area contributed by atoms with Crippen molar-refractivity contribution in [2.45, 2.75) is 31.6 Å². The summed E-state index contributed by atoms with van der Waals surface area (Å²) in [5, 5.41) is 3.43. The van der Waals surface area contributed by atoms with Crippen LogP contribution < -0.4 is 10.2 Å². The van der Waals surface area contributed by atoms with Gasteiger partial charge in [-0.15, -0.1) is 0 Å². The molecule has 1 aliphatic carbocycles. The number of piperidine rings is 1. The van der Waals surface area contributed by atoms with Crippen molar-refractivity contribution in [3.8, 4) is 0 Å². The maximum atomic E-state index is 4.47. The summed E-state index contributed by atoms with van der Waals surface area (Å²) >= 11 is 0. The Labute approximate surface area is 130 Å². The Morgan fingerprint density at radius 3 is 3.00 bits per heavy atom. The normalized spacial score (nSPS) is 21.8. The molecule has 2 aromatic rings. The number of nitrogens with one attached hydrogen (secondary N) is 2. The lowest BCUT2D eigenvalue weighted by Gasteiger charge is -2.32. The fraction of sp³-hybridized carbons (Fsp3) is 0.562. The number of H-pyrrole nitrogens is 1. The molecule has 0 bridgehead atoms. The summed E-state index contributed by atoms with van der Waals surface area (Å²) in [6.07, 6.45) is 10.4. The third kappa shape index (κ3) is 3.05. The molecule has 3 heterocycles. The standard InChI is InChI=1S/C16H22N6/c1-2-13(16-17-5-6-18-16)10-22(7-1)15-8-14(20-11-21-15)19-9-12-3-4-12/h5-6,8,11-13H,1-4,7,9-10H2,(H,17,18)(H,19,20,21)/t13-/m0/s1. The summed E-state index contributed by atoms with van der Waals surface area (Å²) in [6.45, 7) is 3.05. The highest BCUT2D eigenvalue weighted by Crippen LogP contribution is 2.30. The molecule has 4 rings (SSSR count). The van der Waals surface area contributed by atoms with Gasteiger partial charge in [-0.05, 0) is 31.6 Å². The number of hydrogen-bond donors (Lipinski definition) is 2. The fourth-order valence-electron chi connectivity index (χ4n) is 3.10. The van der Waals surface area contributed by atoms with Crippen LogP contribution in [0, 0.1) is 5.92 Å². The van der Waals surface area contributed by atoms with Gasteiger partial charge in [0.1, 0.15) is 23.8 Å². The second-order valence-corrected chi connectivity index (χ2v) is 6.35. The van der Waals surface area contributed by atoms with E-state index >= 15 is 0 Å². The monoisotopic (exact) mass is 298 g/mol. The highest BCUT2D eigenvalue weighted by molar-refractivity contribution is 5.49. The van der Waals surface area contributed by atoms with Gasteiger partial charge in [0.25, 0.3) is 0 Å². The van der Waals surface area contributed by atoms with Gasteiger partial charge in [0.15, 0.2) is 0 Å². The Kier molecular flexibility index (Phi) is 3.66. The lowest BCUT2D eigenvalue weighted by atomic mass is 9.97. The van der Waals surface area contributed by atoms with Crippen LogP contribution in [0.4, 0.5) is 11.6 Å². The first kappa shape index (κ1) is 13.5. The van der Waals surface area contributed by atoms with Crippen molar-refractivity contribution in [2.24, 2.45) is 5.92 Å². The Hall–Kier alpha value is -2.11. The minimum atomic E-state index is 0.460. The van der Waals surface area contributed by atoms with Gasteiger partial charge in [-0.25, -0.2) is 15.0 Å². The zero-order valence-electron chi connectivity index (χ0n) is 12.7. The van der Waals surface area contributed by atoms with Crippen LogP contribution in [0.3, 0.4) is 0 Å². The highest BCUT2D eigenvalue weighted by atomic mass is 15.2. The summed E-state index contributed by atoms with van der Waals surface area (Å²) in [6, 6.07) is 2.08. The summed E-state index contributed by atoms with van der Waals surface area (Å²) < 4.78 is 0. The van der Waals surface area contributed by atoms with Crippen molar-refractivity contribution < 1.29 is 0 Å². The summed E-state index contributed by atoms with van der Waals surface area (Å²) in [4.78, 5) is 18.8. The maximum absolute atomic E-state index is 4.47. The van der Waals surface area contributed by atoms with Gasteiger partial charge in [0, 0.05) is 44.0 Å². The van der Waals surface area contributed by atoms with Gasteiger partial charge in [-0.3, -0.25) is 0 Å². The largest absolute Gasteiger partial charge is 0.370 e. The number of anilines is 2. The smallest absolute Gasteiger partial charge is 0.134 e. The zero-order valence-corrected chi connectivity index (χ0v) is 12.7. The molecule has 0 amide bonds. The highest BCUT2D eigenvalue weighted by Gasteiger charge is 2.24. The first-order valence-corrected chi connectivity index (χ1v) is 8.18. The maximum Gasteiger partial charge on any atom is 0.134 e. The van der Waals surface area contributed by atoms with E-state index in [9.17, 15) is 0 Å². The average Bonchev–Trinajstić information content (AvgIpc) is 3.24. The van der Waals surface area contributed by atoms with E-state index in [2.05, 4.69) is 36.2 Å². The molecule has 2 N–H and O–H groups in total. The van der Waals surface area contributed by atoms with Crippen LogP contribution in [0.2, 0.25) is 0 Å². The fourth-order valence-corrected chi connectivity index (χ4v) is 3.10. The molecule has 0 unspecified atom stereocenters. The van der Waals surface area contributed by atoms with Gasteiger partial charge in [-0.1, -0.05) is 0 Å². The van der Waals surface area contributed by atoms with Gasteiger partial charge in [0.2, 0.25) is 0 Å². The molecule has 1 aliphatic heterocycles. The summed E-state index contributed by atoms with van der Waals surface area (Å²) in [7, 11) is 0. The van der Waals surface area contributed by atoms with E-state index < -0.39 is 0 Å². The minimum absolute atomic E-state index is 0.460. The molecule has 116 valence electrons. The molecule has 22 heavy (non-hydrogen) atoms. The van der Waals surface area contributed by atoms with E-state index in [-0.39, 0.29) is 0 Å². The van der Waals surface area contributed by atoms with Crippen molar-refractivity contribution in [1.82, 2.24) is 19.9 Å². The van der Waals surface area contributed by atoms with E-state index in [1.165, 1.54) is 25.7 Å². The van der Waals surface area contributed by atoms with Crippen LogP contribution in [0.5, 0.6) is 0 Å². The van der Waals surface area contributed by atoms with Crippen LogP contribution in [0.1, 0.15) is 37.4 Å². The minimum Gasteiger partial charge on any atom is -0.370 e. The Balaban J connectivity index is 1.44. The quantitative estimate of drug-likeness (QED) is 0.887. The van der Waals surface area contributed by atoms with Crippen molar-refractivity contribution in [3.05, 3.63) is 30.6 Å². The topological polar surface area (TPSA) is 69.7 Å². The van der Waals surface area contributed by atoms with E-state index in [0.717, 1.165) is 43.0 Å². The number of aromatic nitrogens is 4. The summed E-state index contributed by atoms with van der Waals surface area (Å²) in [5.74, 6) is 4.35. The molecular formula is C16H22N6. The molecule has 1 atom stereocenters. The molecule has 6 heteroatoms. The first-order chi connectivity index (χ1) is 10.9. The van der Waals surface area contributed by atoms with Crippen LogP contribution >= 0.6 is 0 Å². The predicted octanol–water partition coefficient (Wildman–Crippen LogP) is 2.41. The molecule has 0 aromatic carbocycles. The predicted molar refractivity (Wildman–Crippen MR) is 86.0 cm³/mol. The molecule has 6 nitrogen and oxygen atoms in total. The molecule has 0 spiro atoms. The second kappa shape index (κ2) is 5.94. The average molecular weight is 298 g/mol. The molecule has 0 radical (unpaired) electrons. The first-order valence-electron chi connectivity index (χ1n) is 8.18. The third-order valence-electron chi connectivity index (χ3n) is 4.57. The van der Waals surface area contributed by atoms with Gasteiger partial charge in [-0.2, -0.15) is 0 Å². The Morgan fingerprint density at radius 1 is 1.23 bits per heavy atom. The molecular weight excluding hydrogens is 276 g/mol. The van der Waals surface area contributed by atoms with Crippen LogP contribution in [0.25, 0.3) is 0 Å². The molecule has 1 saturated carbocycles. The lowest BCUT2D eigenvalue weighted by Crippen LogP contribution is -2.35. The van der Waals surface area contributed by atoms with E-state index in [1.54, 1.807) is 6.33 Å². The number of nitrogens with zero attached hydrogens (tertiary/aromatic N) is 4. The Morgan fingerprint density at radius 2 is 2.18 bits per heavy atom. The summed E-state index contributed by atoms with van der Waals surface area (Å²) in [5.41, 5.74) is 0. The second-order valence-electron chi connectivity index (χ2n) is 6.35. The van der Waals surface area contributed by atoms with Crippen molar-refractivity contribution in [2.75, 3.05) is 29.9 Å². The number of aromatic amines is 1.